The average molecular weight is 370 g/mol. The van der Waals surface area contributed by atoms with Gasteiger partial charge in [-0.05, 0) is 26.0 Å². The van der Waals surface area contributed by atoms with Crippen LogP contribution in [0, 0.1) is 6.92 Å². The van der Waals surface area contributed by atoms with Crippen LogP contribution in [0.5, 0.6) is 0 Å². The summed E-state index contributed by atoms with van der Waals surface area (Å²) < 4.78 is 29.1. The molecule has 3 heterocycles. The van der Waals surface area contributed by atoms with Crippen molar-refractivity contribution < 1.29 is 13.2 Å². The number of aromatic nitrogens is 3. The Hall–Kier alpha value is -2.58. The van der Waals surface area contributed by atoms with E-state index in [0.29, 0.717) is 18.5 Å². The number of fused-ring (bicyclic) bond motifs is 3. The highest BCUT2D eigenvalue weighted by Gasteiger charge is 2.30. The molecule has 0 N–H and O–H groups in total. The summed E-state index contributed by atoms with van der Waals surface area (Å²) in [6.45, 7) is 4.00. The third-order valence-corrected chi connectivity index (χ3v) is 6.49. The topological polar surface area (TPSA) is 84.6 Å². The summed E-state index contributed by atoms with van der Waals surface area (Å²) in [5.74, 6) is -0.0922. The van der Waals surface area contributed by atoms with Crippen LogP contribution in [0.3, 0.4) is 0 Å². The van der Waals surface area contributed by atoms with Crippen LogP contribution in [0.2, 0.25) is 0 Å². The number of carbonyl (C=O) groups excluding carboxylic acids is 1. The number of carbonyl (C=O) groups is 1. The molecule has 134 valence electrons. The SMILES string of the molecule is CC(=O)c1ccc(S(=O)(=O)N2CCc3c(cnc4cc(C)nn34)C2)cc1. The van der Waals surface area contributed by atoms with Gasteiger partial charge in [0.15, 0.2) is 11.4 Å². The lowest BCUT2D eigenvalue weighted by Crippen LogP contribution is -2.37. The fourth-order valence-electron chi connectivity index (χ4n) is 3.25. The molecule has 0 atom stereocenters. The van der Waals surface area contributed by atoms with Crippen molar-refractivity contribution >= 4 is 21.5 Å². The number of sulfonamides is 1. The molecular formula is C18H18N4O3S. The molecule has 0 bridgehead atoms. The number of ketones is 1. The summed E-state index contributed by atoms with van der Waals surface area (Å²) in [7, 11) is -3.63. The Bertz CT molecular complexity index is 1120. The number of hydrogen-bond donors (Lipinski definition) is 0. The summed E-state index contributed by atoms with van der Waals surface area (Å²) in [6, 6.07) is 7.97. The molecule has 0 spiro atoms. The first kappa shape index (κ1) is 16.9. The van der Waals surface area contributed by atoms with E-state index in [1.807, 2.05) is 13.0 Å². The number of aryl methyl sites for hydroxylation is 1. The molecule has 1 aliphatic heterocycles. The summed E-state index contributed by atoms with van der Waals surface area (Å²) in [5.41, 5.74) is 4.01. The van der Waals surface area contributed by atoms with E-state index < -0.39 is 10.0 Å². The van der Waals surface area contributed by atoms with Crippen molar-refractivity contribution in [3.8, 4) is 0 Å². The van der Waals surface area contributed by atoms with Crippen LogP contribution in [0.4, 0.5) is 0 Å². The summed E-state index contributed by atoms with van der Waals surface area (Å²) in [4.78, 5) is 15.9. The Morgan fingerprint density at radius 2 is 1.92 bits per heavy atom. The van der Waals surface area contributed by atoms with Gasteiger partial charge in [-0.25, -0.2) is 17.9 Å². The van der Waals surface area contributed by atoms with Gasteiger partial charge in [0.25, 0.3) is 0 Å². The first-order valence-electron chi connectivity index (χ1n) is 8.30. The quantitative estimate of drug-likeness (QED) is 0.658. The van der Waals surface area contributed by atoms with Crippen LogP contribution in [0.1, 0.15) is 34.2 Å². The highest BCUT2D eigenvalue weighted by Crippen LogP contribution is 2.25. The van der Waals surface area contributed by atoms with E-state index in [4.69, 9.17) is 0 Å². The Morgan fingerprint density at radius 1 is 1.19 bits per heavy atom. The van der Waals surface area contributed by atoms with Gasteiger partial charge in [0, 0.05) is 42.9 Å². The normalized spacial score (nSPS) is 15.2. The molecule has 3 aromatic rings. The molecule has 0 fully saturated rings. The van der Waals surface area contributed by atoms with E-state index >= 15 is 0 Å². The number of nitrogens with zero attached hydrogens (tertiary/aromatic N) is 4. The van der Waals surface area contributed by atoms with Gasteiger partial charge in [0.1, 0.15) is 0 Å². The van der Waals surface area contributed by atoms with Crippen molar-refractivity contribution in [2.45, 2.75) is 31.7 Å². The van der Waals surface area contributed by atoms with E-state index in [2.05, 4.69) is 10.1 Å². The lowest BCUT2D eigenvalue weighted by atomic mass is 10.1. The Morgan fingerprint density at radius 3 is 2.62 bits per heavy atom. The molecule has 1 aromatic carbocycles. The second-order valence-electron chi connectivity index (χ2n) is 6.46. The maximum absolute atomic E-state index is 12.9. The van der Waals surface area contributed by atoms with Gasteiger partial charge in [0.2, 0.25) is 10.0 Å². The van der Waals surface area contributed by atoms with Gasteiger partial charge >= 0.3 is 0 Å². The Labute approximate surface area is 151 Å². The lowest BCUT2D eigenvalue weighted by Gasteiger charge is -2.28. The highest BCUT2D eigenvalue weighted by molar-refractivity contribution is 7.89. The van der Waals surface area contributed by atoms with Crippen molar-refractivity contribution in [2.75, 3.05) is 6.54 Å². The molecule has 7 nitrogen and oxygen atoms in total. The summed E-state index contributed by atoms with van der Waals surface area (Å²) in [6.07, 6.45) is 2.30. The van der Waals surface area contributed by atoms with Crippen molar-refractivity contribution in [2.24, 2.45) is 0 Å². The molecule has 26 heavy (non-hydrogen) atoms. The summed E-state index contributed by atoms with van der Waals surface area (Å²) in [5, 5.41) is 4.45. The van der Waals surface area contributed by atoms with Crippen LogP contribution < -0.4 is 0 Å². The zero-order chi connectivity index (χ0) is 18.5. The first-order valence-corrected chi connectivity index (χ1v) is 9.74. The Kier molecular flexibility index (Phi) is 3.89. The minimum absolute atomic E-state index is 0.0922. The van der Waals surface area contributed by atoms with E-state index in [-0.39, 0.29) is 17.2 Å². The van der Waals surface area contributed by atoms with Gasteiger partial charge in [-0.2, -0.15) is 9.40 Å². The van der Waals surface area contributed by atoms with E-state index in [0.717, 1.165) is 22.6 Å². The minimum atomic E-state index is -3.63. The zero-order valence-electron chi connectivity index (χ0n) is 14.5. The molecule has 4 rings (SSSR count). The third-order valence-electron chi connectivity index (χ3n) is 4.64. The predicted octanol–water partition coefficient (Wildman–Crippen LogP) is 1.99. The largest absolute Gasteiger partial charge is 0.295 e. The molecule has 0 amide bonds. The maximum Gasteiger partial charge on any atom is 0.243 e. The number of Topliss-reactive ketones (excluding diaryl/α,β-unsaturated/α-hetero) is 1. The van der Waals surface area contributed by atoms with Gasteiger partial charge in [-0.15, -0.1) is 0 Å². The molecule has 2 aromatic heterocycles. The van der Waals surface area contributed by atoms with Crippen LogP contribution in [0.15, 0.2) is 41.4 Å². The number of rotatable bonds is 3. The van der Waals surface area contributed by atoms with Gasteiger partial charge in [-0.3, -0.25) is 4.79 Å². The van der Waals surface area contributed by atoms with Gasteiger partial charge < -0.3 is 0 Å². The second-order valence-corrected chi connectivity index (χ2v) is 8.39. The molecule has 8 heteroatoms. The van der Waals surface area contributed by atoms with Crippen molar-refractivity contribution in [1.29, 1.82) is 0 Å². The molecule has 0 radical (unpaired) electrons. The molecule has 1 aliphatic rings. The predicted molar refractivity (Wildman–Crippen MR) is 95.5 cm³/mol. The number of benzene rings is 1. The Balaban J connectivity index is 1.67. The van der Waals surface area contributed by atoms with Crippen molar-refractivity contribution in [1.82, 2.24) is 18.9 Å². The number of hydrogen-bond acceptors (Lipinski definition) is 5. The van der Waals surface area contributed by atoms with E-state index in [9.17, 15) is 13.2 Å². The zero-order valence-corrected chi connectivity index (χ0v) is 15.3. The molecule has 0 saturated heterocycles. The molecule has 0 saturated carbocycles. The average Bonchev–Trinajstić information content (AvgIpc) is 3.02. The second kappa shape index (κ2) is 6.00. The first-order chi connectivity index (χ1) is 12.4. The fourth-order valence-corrected chi connectivity index (χ4v) is 4.66. The van der Waals surface area contributed by atoms with E-state index in [1.165, 1.54) is 23.4 Å². The minimum Gasteiger partial charge on any atom is -0.295 e. The fraction of sp³-hybridized carbons (Fsp3) is 0.278. The van der Waals surface area contributed by atoms with Crippen molar-refractivity contribution in [3.63, 3.8) is 0 Å². The molecular weight excluding hydrogens is 352 g/mol. The summed E-state index contributed by atoms with van der Waals surface area (Å²) >= 11 is 0. The molecule has 0 unspecified atom stereocenters. The van der Waals surface area contributed by atoms with Crippen LogP contribution in [0.25, 0.3) is 5.65 Å². The third kappa shape index (κ3) is 2.71. The standard InChI is InChI=1S/C18H18N4O3S/c1-12-9-18-19-10-15-11-21(8-7-17(15)22(18)20-12)26(24,25)16-5-3-14(4-6-16)13(2)23/h3-6,9-10H,7-8,11H2,1-2H3. The smallest absolute Gasteiger partial charge is 0.243 e. The van der Waals surface area contributed by atoms with Crippen LogP contribution in [-0.2, 0) is 23.0 Å². The highest BCUT2D eigenvalue weighted by atomic mass is 32.2. The van der Waals surface area contributed by atoms with Crippen molar-refractivity contribution in [3.05, 3.63) is 59.0 Å². The molecule has 0 aliphatic carbocycles. The maximum atomic E-state index is 12.9. The van der Waals surface area contributed by atoms with Crippen LogP contribution in [-0.4, -0.2) is 39.6 Å². The van der Waals surface area contributed by atoms with Crippen LogP contribution >= 0.6 is 0 Å². The van der Waals surface area contributed by atoms with Gasteiger partial charge in [0.05, 0.1) is 16.3 Å². The van der Waals surface area contributed by atoms with Gasteiger partial charge in [-0.1, -0.05) is 12.1 Å². The van der Waals surface area contributed by atoms with E-state index in [1.54, 1.807) is 22.8 Å². The monoisotopic (exact) mass is 370 g/mol. The lowest BCUT2D eigenvalue weighted by molar-refractivity contribution is 0.101.